The number of hydrogen-bond donors (Lipinski definition) is 1. The van der Waals surface area contributed by atoms with Gasteiger partial charge in [-0.25, -0.2) is 0 Å². The Morgan fingerprint density at radius 2 is 1.85 bits per heavy atom. The van der Waals surface area contributed by atoms with Gasteiger partial charge in [-0.2, -0.15) is 9.61 Å². The van der Waals surface area contributed by atoms with Gasteiger partial charge in [-0.15, -0.1) is 10.2 Å². The first-order chi connectivity index (χ1) is 13.1. The van der Waals surface area contributed by atoms with Crippen LogP contribution in [-0.4, -0.2) is 32.3 Å². The Morgan fingerprint density at radius 3 is 2.59 bits per heavy atom. The van der Waals surface area contributed by atoms with Crippen molar-refractivity contribution >= 4 is 34.8 Å². The van der Waals surface area contributed by atoms with Crippen molar-refractivity contribution < 1.29 is 4.79 Å². The smallest absolute Gasteiger partial charge is 0.271 e. The second-order valence-electron chi connectivity index (χ2n) is 6.91. The number of rotatable bonds is 4. The first kappa shape index (κ1) is 18.2. The molecular formula is C19H19Cl2N5O. The number of nitrogens with one attached hydrogen (secondary N) is 1. The van der Waals surface area contributed by atoms with E-state index in [1.165, 1.54) is 42.9 Å². The molecule has 1 aromatic carbocycles. The minimum atomic E-state index is -0.203. The van der Waals surface area contributed by atoms with Gasteiger partial charge in [0.1, 0.15) is 12.0 Å². The third-order valence-electron chi connectivity index (χ3n) is 4.95. The molecule has 1 amide bonds. The normalized spacial score (nSPS) is 15.2. The maximum Gasteiger partial charge on any atom is 0.271 e. The van der Waals surface area contributed by atoms with Gasteiger partial charge >= 0.3 is 0 Å². The van der Waals surface area contributed by atoms with Crippen LogP contribution < -0.4 is 5.32 Å². The molecule has 0 unspecified atom stereocenters. The predicted molar refractivity (Wildman–Crippen MR) is 105 cm³/mol. The molecule has 0 spiro atoms. The molecule has 0 radical (unpaired) electrons. The van der Waals surface area contributed by atoms with Gasteiger partial charge in [-0.3, -0.25) is 4.79 Å². The van der Waals surface area contributed by atoms with E-state index in [0.29, 0.717) is 39.4 Å². The summed E-state index contributed by atoms with van der Waals surface area (Å²) in [6, 6.07) is 6.93. The molecule has 0 atom stereocenters. The highest BCUT2D eigenvalue weighted by molar-refractivity contribution is 6.35. The average molecular weight is 404 g/mol. The molecular weight excluding hydrogens is 385 g/mol. The number of aromatic nitrogens is 4. The van der Waals surface area contributed by atoms with E-state index in [2.05, 4.69) is 20.6 Å². The second-order valence-corrected chi connectivity index (χ2v) is 7.79. The van der Waals surface area contributed by atoms with E-state index >= 15 is 0 Å². The standard InChI is InChI=1S/C19H19Cl2N5O/c20-14-6-13(7-15(21)8-14)16-9-17(25-26-11-23-24-18(16)26)19(27)22-10-12-4-2-1-3-5-12/h6-9,11-12H,1-5,10H2,(H,22,27). The average Bonchev–Trinajstić information content (AvgIpc) is 3.14. The number of nitrogens with zero attached hydrogens (tertiary/aromatic N) is 4. The van der Waals surface area contributed by atoms with Crippen LogP contribution in [0.5, 0.6) is 0 Å². The second kappa shape index (κ2) is 7.82. The summed E-state index contributed by atoms with van der Waals surface area (Å²) in [5.41, 5.74) is 2.31. The maximum atomic E-state index is 12.7. The lowest BCUT2D eigenvalue weighted by atomic mass is 9.89. The molecule has 1 N–H and O–H groups in total. The highest BCUT2D eigenvalue weighted by Crippen LogP contribution is 2.29. The molecule has 140 valence electrons. The van der Waals surface area contributed by atoms with Gasteiger partial charge in [0.15, 0.2) is 5.65 Å². The quantitative estimate of drug-likeness (QED) is 0.699. The van der Waals surface area contributed by atoms with Crippen LogP contribution in [0.25, 0.3) is 16.8 Å². The Bertz CT molecular complexity index is 961. The lowest BCUT2D eigenvalue weighted by Crippen LogP contribution is -2.31. The Morgan fingerprint density at radius 1 is 1.11 bits per heavy atom. The zero-order valence-electron chi connectivity index (χ0n) is 14.7. The third kappa shape index (κ3) is 4.06. The molecule has 3 aromatic rings. The lowest BCUT2D eigenvalue weighted by Gasteiger charge is -2.21. The molecule has 1 aliphatic rings. The van der Waals surface area contributed by atoms with Gasteiger partial charge in [-0.1, -0.05) is 42.5 Å². The van der Waals surface area contributed by atoms with Crippen molar-refractivity contribution in [3.8, 4) is 11.1 Å². The molecule has 6 nitrogen and oxygen atoms in total. The Hall–Kier alpha value is -2.18. The molecule has 8 heteroatoms. The van der Waals surface area contributed by atoms with Crippen molar-refractivity contribution in [2.75, 3.05) is 6.54 Å². The van der Waals surface area contributed by atoms with Crippen molar-refractivity contribution in [2.24, 2.45) is 5.92 Å². The maximum absolute atomic E-state index is 12.7. The fourth-order valence-electron chi connectivity index (χ4n) is 3.58. The van der Waals surface area contributed by atoms with E-state index in [0.717, 1.165) is 5.56 Å². The van der Waals surface area contributed by atoms with Gasteiger partial charge in [-0.05, 0) is 48.6 Å². The number of fused-ring (bicyclic) bond motifs is 1. The molecule has 1 aliphatic carbocycles. The van der Waals surface area contributed by atoms with E-state index in [1.807, 2.05) is 0 Å². The van der Waals surface area contributed by atoms with E-state index in [-0.39, 0.29) is 5.91 Å². The van der Waals surface area contributed by atoms with Crippen molar-refractivity contribution in [3.63, 3.8) is 0 Å². The highest BCUT2D eigenvalue weighted by Gasteiger charge is 2.18. The molecule has 0 saturated heterocycles. The number of benzene rings is 1. The number of carbonyl (C=O) groups is 1. The summed E-state index contributed by atoms with van der Waals surface area (Å²) >= 11 is 12.3. The number of halogens is 2. The minimum absolute atomic E-state index is 0.203. The molecule has 2 heterocycles. The van der Waals surface area contributed by atoms with Gasteiger partial charge < -0.3 is 5.32 Å². The summed E-state index contributed by atoms with van der Waals surface area (Å²) < 4.78 is 1.50. The molecule has 4 rings (SSSR count). The summed E-state index contributed by atoms with van der Waals surface area (Å²) in [4.78, 5) is 12.7. The first-order valence-corrected chi connectivity index (χ1v) is 9.81. The van der Waals surface area contributed by atoms with Crippen molar-refractivity contribution in [1.82, 2.24) is 25.1 Å². The monoisotopic (exact) mass is 403 g/mol. The molecule has 1 fully saturated rings. The molecule has 0 aliphatic heterocycles. The fraction of sp³-hybridized carbons (Fsp3) is 0.368. The summed E-state index contributed by atoms with van der Waals surface area (Å²) in [6.45, 7) is 0.680. The lowest BCUT2D eigenvalue weighted by molar-refractivity contribution is 0.0937. The van der Waals surface area contributed by atoms with Gasteiger partial charge in [0.05, 0.1) is 0 Å². The molecule has 27 heavy (non-hydrogen) atoms. The van der Waals surface area contributed by atoms with Crippen LogP contribution in [0, 0.1) is 5.92 Å². The van der Waals surface area contributed by atoms with Crippen LogP contribution in [0.2, 0.25) is 10.0 Å². The summed E-state index contributed by atoms with van der Waals surface area (Å²) in [5, 5.41) is 16.4. The number of amides is 1. The summed E-state index contributed by atoms with van der Waals surface area (Å²) in [5.74, 6) is 0.345. The van der Waals surface area contributed by atoms with Crippen LogP contribution in [-0.2, 0) is 0 Å². The van der Waals surface area contributed by atoms with Crippen LogP contribution in [0.1, 0.15) is 42.6 Å². The zero-order chi connectivity index (χ0) is 18.8. The summed E-state index contributed by atoms with van der Waals surface area (Å²) in [7, 11) is 0. The Kier molecular flexibility index (Phi) is 5.27. The fourth-order valence-corrected chi connectivity index (χ4v) is 4.10. The van der Waals surface area contributed by atoms with Gasteiger partial charge in [0.2, 0.25) is 0 Å². The van der Waals surface area contributed by atoms with Gasteiger partial charge in [0.25, 0.3) is 5.91 Å². The van der Waals surface area contributed by atoms with E-state index in [9.17, 15) is 4.79 Å². The Balaban J connectivity index is 1.64. The van der Waals surface area contributed by atoms with Gasteiger partial charge in [0, 0.05) is 22.2 Å². The number of carbonyl (C=O) groups excluding carboxylic acids is 1. The number of hydrogen-bond acceptors (Lipinski definition) is 4. The van der Waals surface area contributed by atoms with Crippen molar-refractivity contribution in [1.29, 1.82) is 0 Å². The van der Waals surface area contributed by atoms with E-state index in [1.54, 1.807) is 24.3 Å². The van der Waals surface area contributed by atoms with Crippen LogP contribution >= 0.6 is 23.2 Å². The van der Waals surface area contributed by atoms with Crippen LogP contribution in [0.15, 0.2) is 30.6 Å². The van der Waals surface area contributed by atoms with Crippen LogP contribution in [0.3, 0.4) is 0 Å². The molecule has 0 bridgehead atoms. The van der Waals surface area contributed by atoms with Crippen molar-refractivity contribution in [2.45, 2.75) is 32.1 Å². The SMILES string of the molecule is O=C(NCC1CCCCC1)c1cc(-c2cc(Cl)cc(Cl)c2)c2nncn2n1. The zero-order valence-corrected chi connectivity index (χ0v) is 16.2. The van der Waals surface area contributed by atoms with E-state index in [4.69, 9.17) is 23.2 Å². The first-order valence-electron chi connectivity index (χ1n) is 9.06. The van der Waals surface area contributed by atoms with Crippen LogP contribution in [0.4, 0.5) is 0 Å². The minimum Gasteiger partial charge on any atom is -0.350 e. The Labute approximate surface area is 166 Å². The van der Waals surface area contributed by atoms with E-state index < -0.39 is 0 Å². The van der Waals surface area contributed by atoms with Crippen molar-refractivity contribution in [3.05, 3.63) is 46.3 Å². The topological polar surface area (TPSA) is 72.2 Å². The molecule has 2 aromatic heterocycles. The third-order valence-corrected chi connectivity index (χ3v) is 5.39. The highest BCUT2D eigenvalue weighted by atomic mass is 35.5. The predicted octanol–water partition coefficient (Wildman–Crippen LogP) is 4.41. The largest absolute Gasteiger partial charge is 0.350 e. The molecule has 1 saturated carbocycles. The summed E-state index contributed by atoms with van der Waals surface area (Å²) in [6.07, 6.45) is 7.59.